The van der Waals surface area contributed by atoms with Gasteiger partial charge in [-0.15, -0.1) is 0 Å². The predicted molar refractivity (Wildman–Crippen MR) is 96.3 cm³/mol. The molecule has 132 valence electrons. The first-order valence-corrected chi connectivity index (χ1v) is 8.11. The van der Waals surface area contributed by atoms with Gasteiger partial charge >= 0.3 is 0 Å². The van der Waals surface area contributed by atoms with Gasteiger partial charge in [-0.25, -0.2) is 8.78 Å². The number of nitrogens with one attached hydrogen (secondary N) is 1. The van der Waals surface area contributed by atoms with E-state index in [1.54, 1.807) is 19.1 Å². The molecule has 0 saturated heterocycles. The lowest BCUT2D eigenvalue weighted by Crippen LogP contribution is -2.35. The molecule has 0 spiro atoms. The number of benzene rings is 2. The third kappa shape index (κ3) is 5.20. The first-order valence-electron chi connectivity index (χ1n) is 8.11. The Morgan fingerprint density at radius 1 is 1.00 bits per heavy atom. The number of aliphatic hydroxyl groups is 1. The fraction of sp³-hybridized carbons (Fsp3) is 0.368. The molecule has 2 rings (SSSR count). The summed E-state index contributed by atoms with van der Waals surface area (Å²) in [7, 11) is 1.83. The van der Waals surface area contributed by atoms with Crippen LogP contribution in [0.15, 0.2) is 42.5 Å². The molecule has 0 bridgehead atoms. The second-order valence-corrected chi connectivity index (χ2v) is 5.32. The van der Waals surface area contributed by atoms with Crippen LogP contribution in [0.2, 0.25) is 0 Å². The van der Waals surface area contributed by atoms with Crippen molar-refractivity contribution in [3.63, 3.8) is 0 Å². The largest absolute Gasteiger partial charge is 0.389 e. The number of hydrogen-bond donors (Lipinski definition) is 2. The highest BCUT2D eigenvalue weighted by atomic mass is 19.1. The summed E-state index contributed by atoms with van der Waals surface area (Å²) >= 11 is 0. The van der Waals surface area contributed by atoms with E-state index in [1.807, 2.05) is 38.8 Å². The van der Waals surface area contributed by atoms with Crippen LogP contribution in [0.5, 0.6) is 0 Å². The molecule has 0 saturated carbocycles. The molecule has 2 N–H and O–H groups in total. The summed E-state index contributed by atoms with van der Waals surface area (Å²) in [5.74, 6) is -0.699. The van der Waals surface area contributed by atoms with Gasteiger partial charge in [0.25, 0.3) is 0 Å². The van der Waals surface area contributed by atoms with Crippen molar-refractivity contribution in [3.05, 3.63) is 59.7 Å². The molecule has 2 atom stereocenters. The van der Waals surface area contributed by atoms with Gasteiger partial charge in [0.15, 0.2) is 0 Å². The number of rotatable bonds is 5. The molecule has 0 aliphatic carbocycles. The van der Waals surface area contributed by atoms with Gasteiger partial charge in [-0.05, 0) is 50.2 Å². The zero-order chi connectivity index (χ0) is 18.3. The van der Waals surface area contributed by atoms with Gasteiger partial charge < -0.3 is 15.3 Å². The predicted octanol–water partition coefficient (Wildman–Crippen LogP) is 4.94. The normalized spacial score (nSPS) is 12.7. The number of anilines is 2. The first kappa shape index (κ1) is 19.9. The van der Waals surface area contributed by atoms with Crippen LogP contribution < -0.4 is 10.2 Å². The molecule has 0 amide bonds. The maximum absolute atomic E-state index is 13.3. The standard InChI is InChI=1S/C17H20F2N2O.C2H6/c1-11(22)16-10-14(19)7-8-17(16)20-12(2)21(3)15-6-4-5-13(18)9-15;1-2/h4-12,20,22H,1-3H3;1-2H3. The molecule has 0 aliphatic rings. The molecule has 2 aromatic rings. The van der Waals surface area contributed by atoms with E-state index in [0.29, 0.717) is 11.3 Å². The summed E-state index contributed by atoms with van der Waals surface area (Å²) in [6.45, 7) is 7.49. The van der Waals surface area contributed by atoms with Gasteiger partial charge in [-0.3, -0.25) is 0 Å². The van der Waals surface area contributed by atoms with Gasteiger partial charge in [0.05, 0.1) is 12.3 Å². The highest BCUT2D eigenvalue weighted by Gasteiger charge is 2.15. The lowest BCUT2D eigenvalue weighted by molar-refractivity contribution is 0.199. The van der Waals surface area contributed by atoms with Crippen molar-refractivity contribution in [1.29, 1.82) is 0 Å². The minimum Gasteiger partial charge on any atom is -0.389 e. The zero-order valence-corrected chi connectivity index (χ0v) is 14.8. The third-order valence-corrected chi connectivity index (χ3v) is 3.62. The monoisotopic (exact) mass is 336 g/mol. The molecule has 24 heavy (non-hydrogen) atoms. The van der Waals surface area contributed by atoms with E-state index in [9.17, 15) is 13.9 Å². The smallest absolute Gasteiger partial charge is 0.125 e. The van der Waals surface area contributed by atoms with Gasteiger partial charge in [-0.1, -0.05) is 19.9 Å². The van der Waals surface area contributed by atoms with Gasteiger partial charge in [0.2, 0.25) is 0 Å². The van der Waals surface area contributed by atoms with E-state index in [4.69, 9.17) is 0 Å². The van der Waals surface area contributed by atoms with E-state index < -0.39 is 11.9 Å². The number of hydrogen-bond acceptors (Lipinski definition) is 3. The molecule has 3 nitrogen and oxygen atoms in total. The summed E-state index contributed by atoms with van der Waals surface area (Å²) in [5.41, 5.74) is 1.85. The molecule has 2 aromatic carbocycles. The second-order valence-electron chi connectivity index (χ2n) is 5.32. The fourth-order valence-corrected chi connectivity index (χ4v) is 2.25. The van der Waals surface area contributed by atoms with E-state index in [1.165, 1.54) is 24.3 Å². The van der Waals surface area contributed by atoms with Gasteiger partial charge in [-0.2, -0.15) is 0 Å². The second kappa shape index (κ2) is 9.23. The zero-order valence-electron chi connectivity index (χ0n) is 14.8. The van der Waals surface area contributed by atoms with Crippen molar-refractivity contribution in [2.45, 2.75) is 40.0 Å². The minimum atomic E-state index is -0.787. The molecule has 5 heteroatoms. The summed E-state index contributed by atoms with van der Waals surface area (Å²) < 4.78 is 26.6. The van der Waals surface area contributed by atoms with Crippen molar-refractivity contribution < 1.29 is 13.9 Å². The average Bonchev–Trinajstić information content (AvgIpc) is 2.57. The molecular formula is C19H26F2N2O. The molecule has 0 aliphatic heterocycles. The van der Waals surface area contributed by atoms with Crippen molar-refractivity contribution in [2.75, 3.05) is 17.3 Å². The summed E-state index contributed by atoms with van der Waals surface area (Å²) in [5, 5.41) is 13.0. The summed E-state index contributed by atoms with van der Waals surface area (Å²) in [6.07, 6.45) is -0.963. The van der Waals surface area contributed by atoms with Crippen molar-refractivity contribution >= 4 is 11.4 Å². The van der Waals surface area contributed by atoms with Crippen LogP contribution in [0.1, 0.15) is 39.4 Å². The maximum Gasteiger partial charge on any atom is 0.125 e. The van der Waals surface area contributed by atoms with Crippen LogP contribution >= 0.6 is 0 Å². The Balaban J connectivity index is 0.00000139. The van der Waals surface area contributed by atoms with E-state index >= 15 is 0 Å². The van der Waals surface area contributed by atoms with Crippen LogP contribution in [0.4, 0.5) is 20.2 Å². The van der Waals surface area contributed by atoms with E-state index in [0.717, 1.165) is 5.69 Å². The topological polar surface area (TPSA) is 35.5 Å². The average molecular weight is 336 g/mol. The Hall–Kier alpha value is -2.14. The number of aliphatic hydroxyl groups excluding tert-OH is 1. The Bertz CT molecular complexity index is 647. The molecule has 0 heterocycles. The van der Waals surface area contributed by atoms with Crippen molar-refractivity contribution in [1.82, 2.24) is 0 Å². The summed E-state index contributed by atoms with van der Waals surface area (Å²) in [4.78, 5) is 1.86. The van der Waals surface area contributed by atoms with Crippen LogP contribution in [-0.2, 0) is 0 Å². The molecule has 2 unspecified atom stereocenters. The molecule has 0 aromatic heterocycles. The Kier molecular flexibility index (Phi) is 7.65. The number of nitrogens with zero attached hydrogens (tertiary/aromatic N) is 1. The van der Waals surface area contributed by atoms with Crippen LogP contribution in [0.25, 0.3) is 0 Å². The van der Waals surface area contributed by atoms with Crippen LogP contribution in [0.3, 0.4) is 0 Å². The molecular weight excluding hydrogens is 310 g/mol. The van der Waals surface area contributed by atoms with Crippen LogP contribution in [0, 0.1) is 11.6 Å². The van der Waals surface area contributed by atoms with E-state index in [2.05, 4.69) is 5.32 Å². The van der Waals surface area contributed by atoms with Gasteiger partial charge in [0.1, 0.15) is 11.6 Å². The molecule has 0 fully saturated rings. The SMILES string of the molecule is CC.CC(O)c1cc(F)ccc1NC(C)N(C)c1cccc(F)c1. The molecule has 0 radical (unpaired) electrons. The van der Waals surface area contributed by atoms with Crippen molar-refractivity contribution in [3.8, 4) is 0 Å². The quantitative estimate of drug-likeness (QED) is 0.759. The Morgan fingerprint density at radius 2 is 1.62 bits per heavy atom. The third-order valence-electron chi connectivity index (χ3n) is 3.62. The highest BCUT2D eigenvalue weighted by Crippen LogP contribution is 2.25. The van der Waals surface area contributed by atoms with Gasteiger partial charge in [0, 0.05) is 24.0 Å². The van der Waals surface area contributed by atoms with Crippen LogP contribution in [-0.4, -0.2) is 18.3 Å². The van der Waals surface area contributed by atoms with E-state index in [-0.39, 0.29) is 12.0 Å². The lowest BCUT2D eigenvalue weighted by Gasteiger charge is -2.29. The summed E-state index contributed by atoms with van der Waals surface area (Å²) in [6, 6.07) is 10.5. The Labute approximate surface area is 142 Å². The Morgan fingerprint density at radius 3 is 2.21 bits per heavy atom. The first-order chi connectivity index (χ1) is 11.4. The highest BCUT2D eigenvalue weighted by molar-refractivity contribution is 5.55. The number of halogens is 2. The maximum atomic E-state index is 13.3. The minimum absolute atomic E-state index is 0.176. The van der Waals surface area contributed by atoms with Crippen molar-refractivity contribution in [2.24, 2.45) is 0 Å². The lowest BCUT2D eigenvalue weighted by atomic mass is 10.1. The fourth-order valence-electron chi connectivity index (χ4n) is 2.25.